The van der Waals surface area contributed by atoms with Gasteiger partial charge < -0.3 is 4.98 Å². The number of hydrogen-bond acceptors (Lipinski definition) is 1. The summed E-state index contributed by atoms with van der Waals surface area (Å²) in [6.07, 6.45) is 0.472. The smallest absolute Gasteiger partial charge is 0.179 e. The molecule has 116 valence electrons. The normalized spacial score (nSPS) is 10.7. The standard InChI is InChI=1S/C20H18ClNO/c1-3-17(23)20-18(14-7-5-4-6-8-14)13(2)19(22-20)15-9-11-16(21)12-10-15/h4-12,22H,3H2,1-2H3. The molecule has 0 radical (unpaired) electrons. The maximum Gasteiger partial charge on any atom is 0.179 e. The van der Waals surface area contributed by atoms with Crippen LogP contribution >= 0.6 is 11.6 Å². The van der Waals surface area contributed by atoms with Crippen LogP contribution in [-0.2, 0) is 0 Å². The van der Waals surface area contributed by atoms with Crippen LogP contribution < -0.4 is 0 Å². The van der Waals surface area contributed by atoms with Crippen LogP contribution in [-0.4, -0.2) is 10.8 Å². The Morgan fingerprint density at radius 3 is 2.26 bits per heavy atom. The summed E-state index contributed by atoms with van der Waals surface area (Å²) in [6, 6.07) is 17.7. The van der Waals surface area contributed by atoms with E-state index in [0.29, 0.717) is 17.1 Å². The number of Topliss-reactive ketones (excluding diaryl/α,β-unsaturated/α-hetero) is 1. The number of rotatable bonds is 4. The van der Waals surface area contributed by atoms with Crippen LogP contribution in [0.2, 0.25) is 5.02 Å². The molecule has 0 fully saturated rings. The molecular formula is C20H18ClNO. The van der Waals surface area contributed by atoms with E-state index in [1.54, 1.807) is 0 Å². The van der Waals surface area contributed by atoms with Crippen molar-refractivity contribution in [2.24, 2.45) is 0 Å². The molecule has 0 aliphatic heterocycles. The molecule has 0 saturated heterocycles. The lowest BCUT2D eigenvalue weighted by Gasteiger charge is -2.04. The van der Waals surface area contributed by atoms with Crippen LogP contribution in [0.4, 0.5) is 0 Å². The summed E-state index contributed by atoms with van der Waals surface area (Å²) in [4.78, 5) is 15.7. The highest BCUT2D eigenvalue weighted by Gasteiger charge is 2.20. The highest BCUT2D eigenvalue weighted by molar-refractivity contribution is 6.30. The molecule has 1 heterocycles. The number of ketones is 1. The van der Waals surface area contributed by atoms with Crippen molar-refractivity contribution in [3.05, 3.63) is 70.9 Å². The van der Waals surface area contributed by atoms with Crippen molar-refractivity contribution in [3.8, 4) is 22.4 Å². The molecule has 1 aromatic heterocycles. The zero-order chi connectivity index (χ0) is 16.4. The summed E-state index contributed by atoms with van der Waals surface area (Å²) in [5.41, 5.74) is 5.80. The topological polar surface area (TPSA) is 32.9 Å². The van der Waals surface area contributed by atoms with E-state index < -0.39 is 0 Å². The monoisotopic (exact) mass is 323 g/mol. The third kappa shape index (κ3) is 2.95. The molecule has 3 heteroatoms. The molecule has 2 nitrogen and oxygen atoms in total. The molecule has 3 rings (SSSR count). The summed E-state index contributed by atoms with van der Waals surface area (Å²) in [5.74, 6) is 0.118. The predicted octanol–water partition coefficient (Wildman–Crippen LogP) is 5.90. The van der Waals surface area contributed by atoms with Gasteiger partial charge in [0, 0.05) is 22.7 Å². The van der Waals surface area contributed by atoms with Gasteiger partial charge in [-0.05, 0) is 35.7 Å². The van der Waals surface area contributed by atoms with E-state index >= 15 is 0 Å². The Labute approximate surface area is 141 Å². The number of H-pyrrole nitrogens is 1. The maximum absolute atomic E-state index is 12.4. The van der Waals surface area contributed by atoms with Crippen molar-refractivity contribution in [3.63, 3.8) is 0 Å². The minimum atomic E-state index is 0.118. The zero-order valence-electron chi connectivity index (χ0n) is 13.2. The fraction of sp³-hybridized carbons (Fsp3) is 0.150. The fourth-order valence-corrected chi connectivity index (χ4v) is 2.98. The second-order valence-corrected chi connectivity index (χ2v) is 5.96. The Morgan fingerprint density at radius 2 is 1.65 bits per heavy atom. The number of carbonyl (C=O) groups excluding carboxylic acids is 1. The van der Waals surface area contributed by atoms with Crippen molar-refractivity contribution in [1.82, 2.24) is 4.98 Å². The first kappa shape index (κ1) is 15.6. The summed E-state index contributed by atoms with van der Waals surface area (Å²) >= 11 is 5.98. The highest BCUT2D eigenvalue weighted by atomic mass is 35.5. The molecule has 0 aliphatic rings. The van der Waals surface area contributed by atoms with E-state index in [0.717, 1.165) is 27.9 Å². The number of aromatic nitrogens is 1. The second-order valence-electron chi connectivity index (χ2n) is 5.52. The van der Waals surface area contributed by atoms with Crippen molar-refractivity contribution >= 4 is 17.4 Å². The largest absolute Gasteiger partial charge is 0.351 e. The molecule has 0 spiro atoms. The van der Waals surface area contributed by atoms with Crippen LogP contribution in [0, 0.1) is 6.92 Å². The second kappa shape index (κ2) is 6.43. The van der Waals surface area contributed by atoms with Crippen LogP contribution in [0.15, 0.2) is 54.6 Å². The van der Waals surface area contributed by atoms with Crippen LogP contribution in [0.3, 0.4) is 0 Å². The van der Waals surface area contributed by atoms with Gasteiger partial charge in [0.25, 0.3) is 0 Å². The van der Waals surface area contributed by atoms with E-state index in [2.05, 4.69) is 11.9 Å². The van der Waals surface area contributed by atoms with Gasteiger partial charge in [0.05, 0.1) is 5.69 Å². The molecule has 1 N–H and O–H groups in total. The number of aromatic amines is 1. The number of hydrogen-bond donors (Lipinski definition) is 1. The van der Waals surface area contributed by atoms with E-state index in [-0.39, 0.29) is 5.78 Å². The third-order valence-corrected chi connectivity index (χ3v) is 4.30. The number of carbonyl (C=O) groups is 1. The van der Waals surface area contributed by atoms with Crippen LogP contribution in [0.25, 0.3) is 22.4 Å². The van der Waals surface area contributed by atoms with Crippen molar-refractivity contribution < 1.29 is 4.79 Å². The molecule has 0 atom stereocenters. The molecule has 0 saturated carbocycles. The van der Waals surface area contributed by atoms with E-state index in [4.69, 9.17) is 11.6 Å². The van der Waals surface area contributed by atoms with Gasteiger partial charge in [-0.15, -0.1) is 0 Å². The summed E-state index contributed by atoms with van der Waals surface area (Å²) in [5, 5.41) is 0.700. The fourth-order valence-electron chi connectivity index (χ4n) is 2.85. The summed E-state index contributed by atoms with van der Waals surface area (Å²) < 4.78 is 0. The van der Waals surface area contributed by atoms with E-state index in [1.165, 1.54) is 0 Å². The van der Waals surface area contributed by atoms with Crippen molar-refractivity contribution in [2.75, 3.05) is 0 Å². The minimum absolute atomic E-state index is 0.118. The minimum Gasteiger partial charge on any atom is -0.351 e. The lowest BCUT2D eigenvalue weighted by atomic mass is 9.97. The van der Waals surface area contributed by atoms with Crippen molar-refractivity contribution in [1.29, 1.82) is 0 Å². The zero-order valence-corrected chi connectivity index (χ0v) is 13.9. The average Bonchev–Trinajstić information content (AvgIpc) is 2.93. The molecule has 0 aliphatic carbocycles. The maximum atomic E-state index is 12.4. The first-order valence-corrected chi connectivity index (χ1v) is 8.06. The van der Waals surface area contributed by atoms with Gasteiger partial charge in [-0.25, -0.2) is 0 Å². The highest BCUT2D eigenvalue weighted by Crippen LogP contribution is 2.35. The lowest BCUT2D eigenvalue weighted by Crippen LogP contribution is -1.99. The Hall–Kier alpha value is -2.32. The Balaban J connectivity index is 2.22. The number of halogens is 1. The number of nitrogens with one attached hydrogen (secondary N) is 1. The summed E-state index contributed by atoms with van der Waals surface area (Å²) in [7, 11) is 0. The third-order valence-electron chi connectivity index (χ3n) is 4.05. The Kier molecular flexibility index (Phi) is 4.35. The van der Waals surface area contributed by atoms with Gasteiger partial charge in [-0.2, -0.15) is 0 Å². The quantitative estimate of drug-likeness (QED) is 0.595. The van der Waals surface area contributed by atoms with Gasteiger partial charge in [-0.1, -0.05) is 61.0 Å². The van der Waals surface area contributed by atoms with E-state index in [9.17, 15) is 4.79 Å². The van der Waals surface area contributed by atoms with Crippen LogP contribution in [0.1, 0.15) is 29.4 Å². The SMILES string of the molecule is CCC(=O)c1[nH]c(-c2ccc(Cl)cc2)c(C)c1-c1ccccc1. The molecule has 0 unspecified atom stereocenters. The molecular weight excluding hydrogens is 306 g/mol. The molecule has 23 heavy (non-hydrogen) atoms. The van der Waals surface area contributed by atoms with E-state index in [1.807, 2.05) is 61.5 Å². The first-order chi connectivity index (χ1) is 11.1. The first-order valence-electron chi connectivity index (χ1n) is 7.69. The Morgan fingerprint density at radius 1 is 1.00 bits per heavy atom. The van der Waals surface area contributed by atoms with Gasteiger partial charge >= 0.3 is 0 Å². The molecule has 0 amide bonds. The Bertz CT molecular complexity index is 832. The van der Waals surface area contributed by atoms with Crippen molar-refractivity contribution in [2.45, 2.75) is 20.3 Å². The summed E-state index contributed by atoms with van der Waals surface area (Å²) in [6.45, 7) is 3.93. The lowest BCUT2D eigenvalue weighted by molar-refractivity contribution is 0.0984. The van der Waals surface area contributed by atoms with Gasteiger partial charge in [-0.3, -0.25) is 4.79 Å². The van der Waals surface area contributed by atoms with Gasteiger partial charge in [0.1, 0.15) is 0 Å². The molecule has 2 aromatic carbocycles. The van der Waals surface area contributed by atoms with Crippen LogP contribution in [0.5, 0.6) is 0 Å². The van der Waals surface area contributed by atoms with Gasteiger partial charge in [0.2, 0.25) is 0 Å². The number of benzene rings is 2. The van der Waals surface area contributed by atoms with Gasteiger partial charge in [0.15, 0.2) is 5.78 Å². The predicted molar refractivity (Wildman–Crippen MR) is 96.0 cm³/mol. The average molecular weight is 324 g/mol. The molecule has 3 aromatic rings. The molecule has 0 bridgehead atoms.